The lowest BCUT2D eigenvalue weighted by Crippen LogP contribution is -2.24. The van der Waals surface area contributed by atoms with Crippen LogP contribution in [-0.4, -0.2) is 46.3 Å². The minimum absolute atomic E-state index is 0.155. The quantitative estimate of drug-likeness (QED) is 0.667. The molecule has 2 N–H and O–H groups in total. The first-order valence-electron chi connectivity index (χ1n) is 8.53. The number of aromatic nitrogens is 4. The Labute approximate surface area is 160 Å². The van der Waals surface area contributed by atoms with E-state index in [0.29, 0.717) is 22.8 Å². The van der Waals surface area contributed by atoms with Gasteiger partial charge < -0.3 is 14.8 Å². The first-order chi connectivity index (χ1) is 13.6. The van der Waals surface area contributed by atoms with Crippen molar-refractivity contribution < 1.29 is 19.1 Å². The Morgan fingerprint density at radius 2 is 1.86 bits per heavy atom. The van der Waals surface area contributed by atoms with Gasteiger partial charge >= 0.3 is 5.97 Å². The van der Waals surface area contributed by atoms with Crippen LogP contribution < -0.4 is 10.1 Å². The number of hydrogen-bond donors (Lipinski definition) is 2. The zero-order valence-corrected chi connectivity index (χ0v) is 15.2. The van der Waals surface area contributed by atoms with E-state index in [9.17, 15) is 9.59 Å². The molecule has 28 heavy (non-hydrogen) atoms. The lowest BCUT2D eigenvalue weighted by atomic mass is 9.87. The van der Waals surface area contributed by atoms with Crippen molar-refractivity contribution in [1.29, 1.82) is 0 Å². The second-order valence-corrected chi connectivity index (χ2v) is 6.23. The Balaban J connectivity index is 1.69. The zero-order chi connectivity index (χ0) is 19.7. The van der Waals surface area contributed by atoms with Gasteiger partial charge in [0.1, 0.15) is 11.4 Å². The number of nitrogens with one attached hydrogen (secondary N) is 2. The Morgan fingerprint density at radius 1 is 1.14 bits per heavy atom. The summed E-state index contributed by atoms with van der Waals surface area (Å²) in [5.74, 6) is 0.469. The number of fused-ring (bicyclic) bond motifs is 1. The predicted molar refractivity (Wildman–Crippen MR) is 99.0 cm³/mol. The van der Waals surface area contributed by atoms with Gasteiger partial charge in [0.2, 0.25) is 5.91 Å². The predicted octanol–water partition coefficient (Wildman–Crippen LogP) is 2.14. The molecule has 3 aromatic rings. The molecule has 1 aliphatic heterocycles. The van der Waals surface area contributed by atoms with Crippen LogP contribution in [0.2, 0.25) is 0 Å². The van der Waals surface area contributed by atoms with Gasteiger partial charge in [-0.25, -0.2) is 14.8 Å². The molecule has 0 bridgehead atoms. The van der Waals surface area contributed by atoms with Crippen LogP contribution in [0, 0.1) is 0 Å². The van der Waals surface area contributed by atoms with E-state index in [1.54, 1.807) is 19.5 Å². The number of carbonyl (C=O) groups is 2. The number of rotatable bonds is 4. The first kappa shape index (κ1) is 17.7. The van der Waals surface area contributed by atoms with E-state index >= 15 is 0 Å². The highest BCUT2D eigenvalue weighted by molar-refractivity contribution is 5.98. The molecule has 0 aliphatic carbocycles. The lowest BCUT2D eigenvalue weighted by Gasteiger charge is -2.22. The van der Waals surface area contributed by atoms with E-state index in [-0.39, 0.29) is 18.0 Å². The third kappa shape index (κ3) is 3.07. The summed E-state index contributed by atoms with van der Waals surface area (Å²) in [6.45, 7) is 0. The van der Waals surface area contributed by atoms with Gasteiger partial charge in [0.15, 0.2) is 11.6 Å². The van der Waals surface area contributed by atoms with Crippen LogP contribution in [0.4, 0.5) is 5.82 Å². The fourth-order valence-electron chi connectivity index (χ4n) is 3.21. The van der Waals surface area contributed by atoms with E-state index in [1.807, 2.05) is 24.3 Å². The number of benzene rings is 1. The van der Waals surface area contributed by atoms with E-state index < -0.39 is 11.9 Å². The largest absolute Gasteiger partial charge is 0.497 e. The van der Waals surface area contributed by atoms with Crippen LogP contribution in [-0.2, 0) is 9.53 Å². The van der Waals surface area contributed by atoms with Crippen molar-refractivity contribution in [3.8, 4) is 17.1 Å². The number of methoxy groups -OCH3 is 2. The minimum atomic E-state index is -0.550. The smallest absolute Gasteiger partial charge is 0.356 e. The van der Waals surface area contributed by atoms with Gasteiger partial charge in [-0.05, 0) is 29.8 Å². The molecule has 0 saturated heterocycles. The molecule has 9 nitrogen and oxygen atoms in total. The van der Waals surface area contributed by atoms with Crippen molar-refractivity contribution in [3.63, 3.8) is 0 Å². The molecule has 1 aromatic carbocycles. The van der Waals surface area contributed by atoms with Crippen LogP contribution in [0.3, 0.4) is 0 Å². The summed E-state index contributed by atoms with van der Waals surface area (Å²) in [6, 6.07) is 7.40. The number of amides is 1. The maximum Gasteiger partial charge on any atom is 0.356 e. The van der Waals surface area contributed by atoms with E-state index in [4.69, 9.17) is 9.47 Å². The van der Waals surface area contributed by atoms with Gasteiger partial charge in [-0.3, -0.25) is 9.89 Å². The van der Waals surface area contributed by atoms with Crippen molar-refractivity contribution in [2.24, 2.45) is 0 Å². The van der Waals surface area contributed by atoms with Crippen molar-refractivity contribution in [2.45, 2.75) is 12.3 Å². The summed E-state index contributed by atoms with van der Waals surface area (Å²) >= 11 is 0. The molecule has 142 valence electrons. The fraction of sp³-hybridized carbons (Fsp3) is 0.211. The molecule has 2 aromatic heterocycles. The normalized spacial score (nSPS) is 15.5. The first-order valence-corrected chi connectivity index (χ1v) is 8.53. The Hall–Kier alpha value is -3.75. The molecular formula is C19H17N5O4. The molecule has 0 saturated carbocycles. The van der Waals surface area contributed by atoms with Crippen LogP contribution in [0.1, 0.15) is 34.0 Å². The SMILES string of the molecule is COC(=O)c1[nH]nc2c1C(c1cnc(-c3ccc(OC)cc3)nc1)CC(=O)N2. The molecule has 1 atom stereocenters. The molecule has 0 fully saturated rings. The second-order valence-electron chi connectivity index (χ2n) is 6.23. The number of anilines is 1. The van der Waals surface area contributed by atoms with Crippen LogP contribution in [0.15, 0.2) is 36.7 Å². The van der Waals surface area contributed by atoms with E-state index in [2.05, 4.69) is 25.5 Å². The van der Waals surface area contributed by atoms with Gasteiger partial charge in [-0.15, -0.1) is 0 Å². The van der Waals surface area contributed by atoms with Crippen molar-refractivity contribution in [3.05, 3.63) is 53.5 Å². The van der Waals surface area contributed by atoms with Crippen LogP contribution in [0.25, 0.3) is 11.4 Å². The summed E-state index contributed by atoms with van der Waals surface area (Å²) in [5, 5.41) is 9.33. The number of ether oxygens (including phenoxy) is 2. The Morgan fingerprint density at radius 3 is 2.50 bits per heavy atom. The standard InChI is InChI=1S/C19H17N5O4/c1-27-12-5-3-10(4-6-12)17-20-8-11(9-21-17)13-7-14(25)22-18-15(13)16(23-24-18)19(26)28-2/h3-6,8-9,13H,7H2,1-2H3,(H2,22,23,24,25). The molecule has 0 spiro atoms. The summed E-state index contributed by atoms with van der Waals surface area (Å²) in [6.07, 6.45) is 3.48. The van der Waals surface area contributed by atoms with E-state index in [0.717, 1.165) is 11.3 Å². The van der Waals surface area contributed by atoms with Gasteiger partial charge in [-0.1, -0.05) is 0 Å². The molecule has 3 heterocycles. The fourth-order valence-corrected chi connectivity index (χ4v) is 3.21. The lowest BCUT2D eigenvalue weighted by molar-refractivity contribution is -0.116. The third-order valence-electron chi connectivity index (χ3n) is 4.61. The Kier molecular flexibility index (Phi) is 4.48. The summed E-state index contributed by atoms with van der Waals surface area (Å²) in [4.78, 5) is 33.0. The average molecular weight is 379 g/mol. The molecule has 9 heteroatoms. The second kappa shape index (κ2) is 7.10. The molecule has 4 rings (SSSR count). The zero-order valence-electron chi connectivity index (χ0n) is 15.2. The maximum absolute atomic E-state index is 12.1. The highest BCUT2D eigenvalue weighted by atomic mass is 16.5. The third-order valence-corrected chi connectivity index (χ3v) is 4.61. The van der Waals surface area contributed by atoms with Gasteiger partial charge in [0.05, 0.1) is 14.2 Å². The monoisotopic (exact) mass is 379 g/mol. The van der Waals surface area contributed by atoms with Crippen LogP contribution in [0.5, 0.6) is 5.75 Å². The molecule has 1 unspecified atom stereocenters. The minimum Gasteiger partial charge on any atom is -0.497 e. The van der Waals surface area contributed by atoms with Gasteiger partial charge in [0.25, 0.3) is 0 Å². The molecule has 1 aliphatic rings. The van der Waals surface area contributed by atoms with E-state index in [1.165, 1.54) is 7.11 Å². The number of esters is 1. The summed E-state index contributed by atoms with van der Waals surface area (Å²) < 4.78 is 9.96. The molecule has 0 radical (unpaired) electrons. The van der Waals surface area contributed by atoms with Gasteiger partial charge in [0, 0.05) is 35.9 Å². The molecular weight excluding hydrogens is 362 g/mol. The highest BCUT2D eigenvalue weighted by Gasteiger charge is 2.34. The van der Waals surface area contributed by atoms with Crippen molar-refractivity contribution in [2.75, 3.05) is 19.5 Å². The number of H-pyrrole nitrogens is 1. The number of hydrogen-bond acceptors (Lipinski definition) is 7. The number of nitrogens with zero attached hydrogens (tertiary/aromatic N) is 3. The summed E-state index contributed by atoms with van der Waals surface area (Å²) in [5.41, 5.74) is 2.34. The van der Waals surface area contributed by atoms with Crippen LogP contribution >= 0.6 is 0 Å². The number of aromatic amines is 1. The van der Waals surface area contributed by atoms with Gasteiger partial charge in [-0.2, -0.15) is 5.10 Å². The van der Waals surface area contributed by atoms with Crippen molar-refractivity contribution in [1.82, 2.24) is 20.2 Å². The topological polar surface area (TPSA) is 119 Å². The maximum atomic E-state index is 12.1. The van der Waals surface area contributed by atoms with Crippen molar-refractivity contribution >= 4 is 17.7 Å². The number of carbonyl (C=O) groups excluding carboxylic acids is 2. The highest BCUT2D eigenvalue weighted by Crippen LogP contribution is 2.38. The summed E-state index contributed by atoms with van der Waals surface area (Å²) in [7, 11) is 2.89. The Bertz CT molecular complexity index is 1030. The average Bonchev–Trinajstić information content (AvgIpc) is 3.16. The molecule has 1 amide bonds.